The van der Waals surface area contributed by atoms with E-state index < -0.39 is 47.8 Å². The second kappa shape index (κ2) is 8.04. The third-order valence-electron chi connectivity index (χ3n) is 5.83. The van der Waals surface area contributed by atoms with Crippen molar-refractivity contribution in [3.63, 3.8) is 0 Å². The van der Waals surface area contributed by atoms with E-state index in [2.05, 4.69) is 0 Å². The first-order chi connectivity index (χ1) is 12.1. The quantitative estimate of drug-likeness (QED) is 0.359. The maximum absolute atomic E-state index is 12.8. The number of Topliss-reactive ketones (excluding diaryl/α,β-unsaturated/α-hetero) is 1. The van der Waals surface area contributed by atoms with Crippen LogP contribution in [0.5, 0.6) is 0 Å². The average molecular weight is 372 g/mol. The molecule has 7 nitrogen and oxygen atoms in total. The lowest BCUT2D eigenvalue weighted by Crippen LogP contribution is -2.53. The Morgan fingerprint density at radius 2 is 2.08 bits per heavy atom. The van der Waals surface area contributed by atoms with Crippen LogP contribution in [0.2, 0.25) is 0 Å². The summed E-state index contributed by atoms with van der Waals surface area (Å²) in [4.78, 5) is 12.8. The smallest absolute Gasteiger partial charge is 0.167 e. The number of allylic oxidation sites excluding steroid dienone is 1. The Morgan fingerprint density at radius 1 is 1.42 bits per heavy atom. The summed E-state index contributed by atoms with van der Waals surface area (Å²) in [6, 6.07) is 0. The van der Waals surface area contributed by atoms with Crippen molar-refractivity contribution >= 4 is 5.78 Å². The molecule has 2 unspecified atom stereocenters. The van der Waals surface area contributed by atoms with Gasteiger partial charge in [0.05, 0.1) is 43.4 Å². The zero-order valence-electron chi connectivity index (χ0n) is 16.0. The average Bonchev–Trinajstić information content (AvgIpc) is 3.29. The number of hydrogen-bond donors (Lipinski definition) is 4. The van der Waals surface area contributed by atoms with Gasteiger partial charge in [0.25, 0.3) is 0 Å². The van der Waals surface area contributed by atoms with Gasteiger partial charge in [0.1, 0.15) is 11.4 Å². The summed E-state index contributed by atoms with van der Waals surface area (Å²) >= 11 is 0. The summed E-state index contributed by atoms with van der Waals surface area (Å²) in [5.74, 6) is -3.83. The largest absolute Gasteiger partial charge is 0.396 e. The summed E-state index contributed by atoms with van der Waals surface area (Å²) in [6.07, 6.45) is 1.55. The van der Waals surface area contributed by atoms with Gasteiger partial charge in [-0.25, -0.2) is 0 Å². The highest BCUT2D eigenvalue weighted by Crippen LogP contribution is 2.47. The third kappa shape index (κ3) is 4.03. The minimum absolute atomic E-state index is 0.0669. The van der Waals surface area contributed by atoms with Crippen LogP contribution in [0.25, 0.3) is 0 Å². The molecule has 2 aliphatic rings. The van der Waals surface area contributed by atoms with Crippen LogP contribution in [-0.2, 0) is 14.3 Å². The minimum atomic E-state index is -1.44. The summed E-state index contributed by atoms with van der Waals surface area (Å²) in [7, 11) is 0. The summed E-state index contributed by atoms with van der Waals surface area (Å²) in [6.45, 7) is 6.61. The molecule has 150 valence electrons. The van der Waals surface area contributed by atoms with Gasteiger partial charge in [0, 0.05) is 12.3 Å². The van der Waals surface area contributed by atoms with Crippen molar-refractivity contribution < 1.29 is 34.7 Å². The van der Waals surface area contributed by atoms with E-state index in [1.165, 1.54) is 0 Å². The van der Waals surface area contributed by atoms with Crippen LogP contribution in [0, 0.1) is 17.8 Å². The van der Waals surface area contributed by atoms with Gasteiger partial charge in [0.2, 0.25) is 0 Å². The lowest BCUT2D eigenvalue weighted by atomic mass is 9.78. The Labute approximate surface area is 154 Å². The molecule has 7 heteroatoms. The zero-order valence-corrected chi connectivity index (χ0v) is 16.0. The highest BCUT2D eigenvalue weighted by atomic mass is 16.6. The van der Waals surface area contributed by atoms with Crippen LogP contribution in [0.15, 0.2) is 12.2 Å². The number of aliphatic hydroxyl groups is 4. The molecule has 2 rings (SSSR count). The first kappa shape index (κ1) is 21.5. The Morgan fingerprint density at radius 3 is 2.58 bits per heavy atom. The molecule has 8 atom stereocenters. The summed E-state index contributed by atoms with van der Waals surface area (Å²) in [5.41, 5.74) is -0.924. The summed E-state index contributed by atoms with van der Waals surface area (Å²) < 4.78 is 11.0. The topological polar surface area (TPSA) is 120 Å². The first-order valence-corrected chi connectivity index (χ1v) is 9.31. The molecule has 2 heterocycles. The van der Waals surface area contributed by atoms with E-state index >= 15 is 0 Å². The fourth-order valence-electron chi connectivity index (χ4n) is 3.93. The van der Waals surface area contributed by atoms with Crippen LogP contribution in [-0.4, -0.2) is 69.1 Å². The van der Waals surface area contributed by atoms with Crippen molar-refractivity contribution in [2.75, 3.05) is 13.2 Å². The number of rotatable bonds is 8. The third-order valence-corrected chi connectivity index (χ3v) is 5.83. The second-order valence-electron chi connectivity index (χ2n) is 7.73. The molecule has 2 fully saturated rings. The standard InChI is InChI=1S/C19H32O7/c1-5-7-11(3)17-18(4,26-17)16(23)12(9-20)15(22)13-10-25-19(24,6-2)8-14(13)21/h5,7,11-14,16-17,20-21,23-24H,6,8-10H2,1-4H3/t11-,12-,13+,14+,16-,17+,18?,19?/m0/s1. The number of epoxide rings is 1. The molecule has 26 heavy (non-hydrogen) atoms. The number of hydrogen-bond acceptors (Lipinski definition) is 7. The second-order valence-corrected chi connectivity index (χ2v) is 7.73. The van der Waals surface area contributed by atoms with E-state index in [1.54, 1.807) is 13.8 Å². The predicted molar refractivity (Wildman–Crippen MR) is 94.2 cm³/mol. The highest BCUT2D eigenvalue weighted by Gasteiger charge is 2.62. The first-order valence-electron chi connectivity index (χ1n) is 9.31. The molecule has 0 aromatic rings. The number of carbonyl (C=O) groups is 1. The van der Waals surface area contributed by atoms with Crippen LogP contribution in [0.3, 0.4) is 0 Å². The van der Waals surface area contributed by atoms with Gasteiger partial charge in [-0.2, -0.15) is 0 Å². The van der Waals surface area contributed by atoms with Crippen molar-refractivity contribution in [3.05, 3.63) is 12.2 Å². The monoisotopic (exact) mass is 372 g/mol. The number of carbonyl (C=O) groups excluding carboxylic acids is 1. The van der Waals surface area contributed by atoms with E-state index in [9.17, 15) is 25.2 Å². The number of ether oxygens (including phenoxy) is 2. The predicted octanol–water partition coefficient (Wildman–Crippen LogP) is 0.391. The van der Waals surface area contributed by atoms with Crippen molar-refractivity contribution in [1.29, 1.82) is 0 Å². The Bertz CT molecular complexity index is 536. The molecule has 2 aliphatic heterocycles. The fourth-order valence-corrected chi connectivity index (χ4v) is 3.93. The highest BCUT2D eigenvalue weighted by molar-refractivity contribution is 5.85. The van der Waals surface area contributed by atoms with Gasteiger partial charge in [-0.15, -0.1) is 0 Å². The molecule has 0 aromatic carbocycles. The molecule has 0 spiro atoms. The molecule has 0 amide bonds. The van der Waals surface area contributed by atoms with Crippen LogP contribution in [0.1, 0.15) is 40.5 Å². The molecular formula is C19H32O7. The van der Waals surface area contributed by atoms with Crippen molar-refractivity contribution in [2.45, 2.75) is 70.2 Å². The van der Waals surface area contributed by atoms with Gasteiger partial charge >= 0.3 is 0 Å². The van der Waals surface area contributed by atoms with Crippen LogP contribution < -0.4 is 0 Å². The fraction of sp³-hybridized carbons (Fsp3) is 0.842. The van der Waals surface area contributed by atoms with Crippen molar-refractivity contribution in [2.24, 2.45) is 17.8 Å². The molecule has 0 radical (unpaired) electrons. The van der Waals surface area contributed by atoms with E-state index in [0.717, 1.165) is 0 Å². The molecule has 0 aromatic heterocycles. The van der Waals surface area contributed by atoms with Crippen LogP contribution in [0.4, 0.5) is 0 Å². The van der Waals surface area contributed by atoms with Gasteiger partial charge < -0.3 is 29.9 Å². The van der Waals surface area contributed by atoms with Crippen LogP contribution >= 0.6 is 0 Å². The minimum Gasteiger partial charge on any atom is -0.396 e. The molecule has 0 aliphatic carbocycles. The molecule has 4 N–H and O–H groups in total. The Hall–Kier alpha value is -0.830. The molecule has 0 bridgehead atoms. The number of ketones is 1. The van der Waals surface area contributed by atoms with E-state index in [4.69, 9.17) is 9.47 Å². The Kier molecular flexibility index (Phi) is 6.64. The molecular weight excluding hydrogens is 340 g/mol. The maximum atomic E-state index is 12.8. The molecule has 0 saturated carbocycles. The SMILES string of the molecule is CC=C[C@H](C)[C@H]1OC1(C)[C@@H](O)[C@@H](CO)C(=O)[C@@H]1COC(O)(CC)C[C@H]1O. The van der Waals surface area contributed by atoms with Gasteiger partial charge in [-0.1, -0.05) is 26.0 Å². The lowest BCUT2D eigenvalue weighted by Gasteiger charge is -2.39. The van der Waals surface area contributed by atoms with Crippen molar-refractivity contribution in [3.8, 4) is 0 Å². The van der Waals surface area contributed by atoms with Crippen molar-refractivity contribution in [1.82, 2.24) is 0 Å². The number of aliphatic hydroxyl groups excluding tert-OH is 3. The lowest BCUT2D eigenvalue weighted by molar-refractivity contribution is -0.258. The van der Waals surface area contributed by atoms with E-state index in [0.29, 0.717) is 6.42 Å². The Balaban J connectivity index is 2.07. The van der Waals surface area contributed by atoms with Gasteiger partial charge in [-0.3, -0.25) is 4.79 Å². The van der Waals surface area contributed by atoms with Gasteiger partial charge in [0.15, 0.2) is 5.79 Å². The van der Waals surface area contributed by atoms with Gasteiger partial charge in [-0.05, 0) is 20.3 Å². The maximum Gasteiger partial charge on any atom is 0.167 e. The van der Waals surface area contributed by atoms with E-state index in [-0.39, 0.29) is 25.0 Å². The summed E-state index contributed by atoms with van der Waals surface area (Å²) in [5, 5.41) is 40.9. The molecule has 2 saturated heterocycles. The normalized spacial score (nSPS) is 41.0. The zero-order chi connectivity index (χ0) is 19.7. The van der Waals surface area contributed by atoms with E-state index in [1.807, 2.05) is 26.0 Å².